The molecule has 0 spiro atoms. The summed E-state index contributed by atoms with van der Waals surface area (Å²) in [5, 5.41) is 11.9. The fourth-order valence-electron chi connectivity index (χ4n) is 0.929. The van der Waals surface area contributed by atoms with Gasteiger partial charge in [-0.1, -0.05) is 23.9 Å². The molecule has 1 N–H and O–H groups in total. The van der Waals surface area contributed by atoms with Crippen LogP contribution in [-0.4, -0.2) is 5.11 Å². The fourth-order valence-corrected chi connectivity index (χ4v) is 0.929. The van der Waals surface area contributed by atoms with E-state index in [0.29, 0.717) is 5.56 Å². The molecular weight excluding hydrogens is 154 g/mol. The number of nitroso groups, excluding NO2 is 1. The van der Waals surface area contributed by atoms with Gasteiger partial charge in [-0.15, -0.1) is 0 Å². The van der Waals surface area contributed by atoms with Crippen molar-refractivity contribution < 1.29 is 5.11 Å². The third-order valence-electron chi connectivity index (χ3n) is 1.57. The zero-order chi connectivity index (χ0) is 8.97. The lowest BCUT2D eigenvalue weighted by molar-refractivity contribution is 0.468. The quantitative estimate of drug-likeness (QED) is 0.695. The average molecular weight is 163 g/mol. The van der Waals surface area contributed by atoms with Gasteiger partial charge in [-0.3, -0.25) is 0 Å². The second kappa shape index (κ2) is 3.67. The van der Waals surface area contributed by atoms with E-state index in [-0.39, 0.29) is 12.3 Å². The molecule has 0 aliphatic rings. The predicted octanol–water partition coefficient (Wildman–Crippen LogP) is 2.30. The molecule has 12 heavy (non-hydrogen) atoms. The van der Waals surface area contributed by atoms with E-state index in [0.717, 1.165) is 5.56 Å². The minimum Gasteiger partial charge on any atom is -0.508 e. The molecule has 62 valence electrons. The fraction of sp³-hybridized carbons (Fsp3) is 0.111. The lowest BCUT2D eigenvalue weighted by Crippen LogP contribution is -1.83. The van der Waals surface area contributed by atoms with E-state index in [1.165, 1.54) is 6.07 Å². The zero-order valence-electron chi connectivity index (χ0n) is 6.53. The minimum absolute atomic E-state index is 0.00644. The van der Waals surface area contributed by atoms with Crippen LogP contribution in [-0.2, 0) is 6.54 Å². The van der Waals surface area contributed by atoms with Gasteiger partial charge in [-0.2, -0.15) is 4.91 Å². The molecule has 0 saturated heterocycles. The molecular formula is C9H9NO2. The Morgan fingerprint density at radius 2 is 2.33 bits per heavy atom. The van der Waals surface area contributed by atoms with E-state index in [1.807, 2.05) is 0 Å². The van der Waals surface area contributed by atoms with Gasteiger partial charge in [0.15, 0.2) is 0 Å². The Kier molecular flexibility index (Phi) is 2.58. The molecule has 0 bridgehead atoms. The minimum atomic E-state index is -0.00644. The highest BCUT2D eigenvalue weighted by molar-refractivity contribution is 5.51. The monoisotopic (exact) mass is 163 g/mol. The summed E-state index contributed by atoms with van der Waals surface area (Å²) in [5.74, 6) is 0.0974. The van der Waals surface area contributed by atoms with Crippen LogP contribution in [0.25, 0.3) is 6.08 Å². The Morgan fingerprint density at radius 1 is 1.58 bits per heavy atom. The molecule has 0 saturated carbocycles. The van der Waals surface area contributed by atoms with Crippen molar-refractivity contribution in [2.75, 3.05) is 0 Å². The van der Waals surface area contributed by atoms with Crippen molar-refractivity contribution in [1.29, 1.82) is 0 Å². The van der Waals surface area contributed by atoms with Crippen LogP contribution in [0.4, 0.5) is 0 Å². The summed E-state index contributed by atoms with van der Waals surface area (Å²) in [4.78, 5) is 9.94. The highest BCUT2D eigenvalue weighted by Crippen LogP contribution is 2.19. The van der Waals surface area contributed by atoms with Gasteiger partial charge in [-0.25, -0.2) is 0 Å². The Labute approximate surface area is 70.3 Å². The normalized spacial score (nSPS) is 9.33. The smallest absolute Gasteiger partial charge is 0.120 e. The molecule has 1 aromatic rings. The van der Waals surface area contributed by atoms with Crippen molar-refractivity contribution in [3.63, 3.8) is 0 Å². The molecule has 3 heteroatoms. The first kappa shape index (κ1) is 8.46. The third-order valence-corrected chi connectivity index (χ3v) is 1.57. The number of aromatic hydroxyl groups is 1. The van der Waals surface area contributed by atoms with E-state index in [4.69, 9.17) is 0 Å². The lowest BCUT2D eigenvalue weighted by atomic mass is 10.1. The zero-order valence-corrected chi connectivity index (χ0v) is 6.53. The number of nitrogens with zero attached hydrogens (tertiary/aromatic N) is 1. The molecule has 0 aromatic heterocycles. The molecule has 0 aliphatic carbocycles. The summed E-state index contributed by atoms with van der Waals surface area (Å²) >= 11 is 0. The highest BCUT2D eigenvalue weighted by Gasteiger charge is 2.00. The van der Waals surface area contributed by atoms with Crippen LogP contribution in [0.2, 0.25) is 0 Å². The van der Waals surface area contributed by atoms with Crippen molar-refractivity contribution in [3.8, 4) is 5.75 Å². The predicted molar refractivity (Wildman–Crippen MR) is 47.7 cm³/mol. The van der Waals surface area contributed by atoms with Gasteiger partial charge in [0.25, 0.3) is 0 Å². The molecule has 0 radical (unpaired) electrons. The van der Waals surface area contributed by atoms with E-state index in [1.54, 1.807) is 18.2 Å². The molecule has 0 unspecified atom stereocenters. The summed E-state index contributed by atoms with van der Waals surface area (Å²) in [6, 6.07) is 4.93. The first-order chi connectivity index (χ1) is 5.77. The molecule has 1 aromatic carbocycles. The average Bonchev–Trinajstić information content (AvgIpc) is 2.09. The molecule has 3 nitrogen and oxygen atoms in total. The van der Waals surface area contributed by atoms with Crippen LogP contribution in [0.15, 0.2) is 30.0 Å². The van der Waals surface area contributed by atoms with E-state index < -0.39 is 0 Å². The molecule has 0 heterocycles. The van der Waals surface area contributed by atoms with Crippen LogP contribution < -0.4 is 0 Å². The molecule has 0 aliphatic heterocycles. The van der Waals surface area contributed by atoms with Gasteiger partial charge in [0, 0.05) is 5.56 Å². The second-order valence-electron chi connectivity index (χ2n) is 2.38. The Balaban J connectivity index is 3.06. The first-order valence-corrected chi connectivity index (χ1v) is 3.51. The largest absolute Gasteiger partial charge is 0.508 e. The number of phenolic OH excluding ortho intramolecular Hbond substituents is 1. The van der Waals surface area contributed by atoms with Gasteiger partial charge in [0.2, 0.25) is 0 Å². The van der Waals surface area contributed by atoms with Crippen molar-refractivity contribution in [1.82, 2.24) is 0 Å². The maximum absolute atomic E-state index is 9.94. The summed E-state index contributed by atoms with van der Waals surface area (Å²) in [6.07, 6.45) is 1.65. The number of phenols is 1. The number of benzene rings is 1. The van der Waals surface area contributed by atoms with E-state index in [2.05, 4.69) is 11.8 Å². The van der Waals surface area contributed by atoms with Crippen molar-refractivity contribution >= 4 is 6.08 Å². The first-order valence-electron chi connectivity index (χ1n) is 3.51. The lowest BCUT2D eigenvalue weighted by Gasteiger charge is -2.00. The number of hydrogen-bond acceptors (Lipinski definition) is 3. The van der Waals surface area contributed by atoms with Gasteiger partial charge in [0.1, 0.15) is 12.3 Å². The topological polar surface area (TPSA) is 49.7 Å². The van der Waals surface area contributed by atoms with Crippen LogP contribution in [0.5, 0.6) is 5.75 Å². The summed E-state index contributed by atoms with van der Waals surface area (Å²) < 4.78 is 0. The van der Waals surface area contributed by atoms with Crippen molar-refractivity contribution in [2.45, 2.75) is 6.54 Å². The highest BCUT2D eigenvalue weighted by atomic mass is 16.3. The molecule has 0 fully saturated rings. The molecule has 0 amide bonds. The maximum atomic E-state index is 9.94. The molecule has 1 rings (SSSR count). The van der Waals surface area contributed by atoms with Crippen LogP contribution >= 0.6 is 0 Å². The summed E-state index contributed by atoms with van der Waals surface area (Å²) in [6.45, 7) is 3.57. The second-order valence-corrected chi connectivity index (χ2v) is 2.38. The maximum Gasteiger partial charge on any atom is 0.120 e. The number of rotatable bonds is 3. The summed E-state index contributed by atoms with van der Waals surface area (Å²) in [7, 11) is 0. The third kappa shape index (κ3) is 1.69. The van der Waals surface area contributed by atoms with Gasteiger partial charge >= 0.3 is 0 Å². The van der Waals surface area contributed by atoms with E-state index >= 15 is 0 Å². The summed E-state index contributed by atoms with van der Waals surface area (Å²) in [5.41, 5.74) is 1.40. The molecule has 0 atom stereocenters. The Morgan fingerprint density at radius 3 is 2.92 bits per heavy atom. The van der Waals surface area contributed by atoms with Gasteiger partial charge < -0.3 is 5.11 Å². The van der Waals surface area contributed by atoms with Crippen molar-refractivity contribution in [2.24, 2.45) is 5.18 Å². The van der Waals surface area contributed by atoms with Crippen LogP contribution in [0, 0.1) is 4.91 Å². The standard InChI is InChI=1S/C9H9NO2/c1-2-7-3-4-9(11)8(5-7)6-10-12/h2-5,11H,1,6H2. The number of hydrogen-bond donors (Lipinski definition) is 1. The van der Waals surface area contributed by atoms with Crippen LogP contribution in [0.1, 0.15) is 11.1 Å². The van der Waals surface area contributed by atoms with Crippen LogP contribution in [0.3, 0.4) is 0 Å². The van der Waals surface area contributed by atoms with Gasteiger partial charge in [-0.05, 0) is 17.7 Å². The Hall–Kier alpha value is -1.64. The SMILES string of the molecule is C=Cc1ccc(O)c(CN=O)c1. The Bertz CT molecular complexity index is 307. The van der Waals surface area contributed by atoms with Crippen molar-refractivity contribution in [3.05, 3.63) is 40.8 Å². The van der Waals surface area contributed by atoms with E-state index in [9.17, 15) is 10.0 Å². The van der Waals surface area contributed by atoms with Gasteiger partial charge in [0.05, 0.1) is 0 Å².